The van der Waals surface area contributed by atoms with Crippen molar-refractivity contribution in [2.24, 2.45) is 0 Å². The molecule has 45 heavy (non-hydrogen) atoms. The van der Waals surface area contributed by atoms with Gasteiger partial charge in [-0.2, -0.15) is 14.6 Å². The second-order valence-corrected chi connectivity index (χ2v) is 11.2. The summed E-state index contributed by atoms with van der Waals surface area (Å²) >= 11 is 1.21. The summed E-state index contributed by atoms with van der Waals surface area (Å²) in [5.41, 5.74) is 2.68. The summed E-state index contributed by atoms with van der Waals surface area (Å²) < 4.78 is 14.6. The molecule has 0 aliphatic rings. The van der Waals surface area contributed by atoms with Gasteiger partial charge in [-0.1, -0.05) is 49.3 Å². The maximum Gasteiger partial charge on any atom is 0.311 e. The van der Waals surface area contributed by atoms with E-state index in [9.17, 15) is 14.9 Å². The predicted octanol–water partition coefficient (Wildman–Crippen LogP) is 6.09. The van der Waals surface area contributed by atoms with E-state index in [0.717, 1.165) is 36.3 Å². The Bertz CT molecular complexity index is 2070. The first kappa shape index (κ1) is 29.7. The Labute approximate surface area is 262 Å². The minimum Gasteiger partial charge on any atom is -0.494 e. The highest BCUT2D eigenvalue weighted by molar-refractivity contribution is 7.15. The van der Waals surface area contributed by atoms with Crippen molar-refractivity contribution in [3.05, 3.63) is 110 Å². The van der Waals surface area contributed by atoms with Crippen LogP contribution in [0.5, 0.6) is 11.5 Å². The van der Waals surface area contributed by atoms with Crippen LogP contribution in [0.15, 0.2) is 83.8 Å². The molecule has 0 amide bonds. The van der Waals surface area contributed by atoms with Gasteiger partial charge in [-0.15, -0.1) is 5.10 Å². The maximum atomic E-state index is 13.5. The zero-order chi connectivity index (χ0) is 31.3. The maximum absolute atomic E-state index is 13.5. The molecular formula is C33H30N6O5S. The van der Waals surface area contributed by atoms with Crippen LogP contribution in [0.4, 0.5) is 5.69 Å². The van der Waals surface area contributed by atoms with Crippen LogP contribution in [-0.4, -0.2) is 42.5 Å². The molecule has 3 heterocycles. The summed E-state index contributed by atoms with van der Waals surface area (Å²) in [6.07, 6.45) is 6.79. The predicted molar refractivity (Wildman–Crippen MR) is 173 cm³/mol. The minimum absolute atomic E-state index is 0.165. The van der Waals surface area contributed by atoms with Gasteiger partial charge in [0.25, 0.3) is 5.56 Å². The van der Waals surface area contributed by atoms with E-state index in [4.69, 9.17) is 14.6 Å². The molecule has 0 atom stereocenters. The van der Waals surface area contributed by atoms with Gasteiger partial charge in [-0.25, -0.2) is 4.68 Å². The molecule has 0 N–H and O–H groups in total. The molecule has 0 aliphatic carbocycles. The van der Waals surface area contributed by atoms with E-state index in [-0.39, 0.29) is 17.0 Å². The monoisotopic (exact) mass is 622 g/mol. The van der Waals surface area contributed by atoms with Crippen LogP contribution in [0.25, 0.3) is 39.4 Å². The molecule has 6 aromatic rings. The summed E-state index contributed by atoms with van der Waals surface area (Å²) in [6.45, 7) is 4.89. The van der Waals surface area contributed by atoms with Gasteiger partial charge < -0.3 is 9.47 Å². The van der Waals surface area contributed by atoms with Crippen LogP contribution in [0.1, 0.15) is 38.7 Å². The average Bonchev–Trinajstić information content (AvgIpc) is 3.75. The number of fused-ring (bicyclic) bond motifs is 1. The van der Waals surface area contributed by atoms with E-state index < -0.39 is 4.92 Å². The number of rotatable bonds is 12. The van der Waals surface area contributed by atoms with Crippen LogP contribution in [0, 0.1) is 10.1 Å². The fraction of sp³-hybridized carbons (Fsp3) is 0.212. The standard InChI is InChI=1S/C33H30N6O5S/c1-3-5-9-18-44-26-15-12-22(13-16-26)31-34-33-38(36-31)32(40)29(45-33)20-24-21-37(25-10-7-6-8-11-25)35-30(24)23-14-17-28(43-4-2)27(19-23)39(41)42/h6-8,10-17,19-21H,3-5,9,18H2,1-2H3. The number of unbranched alkanes of at least 4 members (excludes halogenated alkanes) is 2. The first-order chi connectivity index (χ1) is 21.9. The second-order valence-electron chi connectivity index (χ2n) is 10.2. The van der Waals surface area contributed by atoms with Crippen LogP contribution in [0.2, 0.25) is 0 Å². The van der Waals surface area contributed by atoms with E-state index in [1.165, 1.54) is 21.9 Å². The summed E-state index contributed by atoms with van der Waals surface area (Å²) in [6, 6.07) is 21.7. The van der Waals surface area contributed by atoms with E-state index in [1.807, 2.05) is 54.6 Å². The Morgan fingerprint density at radius 2 is 1.73 bits per heavy atom. The zero-order valence-corrected chi connectivity index (χ0v) is 25.6. The number of thiazole rings is 1. The zero-order valence-electron chi connectivity index (χ0n) is 24.8. The highest BCUT2D eigenvalue weighted by atomic mass is 32.1. The summed E-state index contributed by atoms with van der Waals surface area (Å²) in [5, 5.41) is 21.1. The molecule has 0 bridgehead atoms. The SMILES string of the molecule is CCCCCOc1ccc(-c2nc3sc(=Cc4cn(-c5ccccc5)nc4-c4ccc(OCC)c([N+](=O)[O-])c4)c(=O)n3n2)cc1. The summed E-state index contributed by atoms with van der Waals surface area (Å²) in [4.78, 5) is 29.9. The molecule has 0 aliphatic heterocycles. The van der Waals surface area contributed by atoms with Crippen LogP contribution < -0.4 is 19.6 Å². The third kappa shape index (κ3) is 6.31. The van der Waals surface area contributed by atoms with Gasteiger partial charge in [0.15, 0.2) is 11.6 Å². The Morgan fingerprint density at radius 3 is 2.44 bits per heavy atom. The number of nitrogens with zero attached hydrogens (tertiary/aromatic N) is 6. The highest BCUT2D eigenvalue weighted by Crippen LogP contribution is 2.34. The lowest BCUT2D eigenvalue weighted by molar-refractivity contribution is -0.385. The molecule has 0 radical (unpaired) electrons. The Hall–Kier alpha value is -5.36. The molecule has 0 saturated carbocycles. The fourth-order valence-corrected chi connectivity index (χ4v) is 5.75. The number of benzene rings is 3. The second kappa shape index (κ2) is 13.1. The molecule has 11 nitrogen and oxygen atoms in total. The Morgan fingerprint density at radius 1 is 0.956 bits per heavy atom. The lowest BCUT2D eigenvalue weighted by Gasteiger charge is -2.06. The molecule has 0 spiro atoms. The number of hydrogen-bond acceptors (Lipinski definition) is 9. The lowest BCUT2D eigenvalue weighted by Crippen LogP contribution is -2.23. The van der Waals surface area contributed by atoms with Crippen molar-refractivity contribution in [2.45, 2.75) is 33.1 Å². The largest absolute Gasteiger partial charge is 0.494 e. The Kier molecular flexibility index (Phi) is 8.65. The van der Waals surface area contributed by atoms with Crippen molar-refractivity contribution in [1.29, 1.82) is 0 Å². The van der Waals surface area contributed by atoms with Crippen molar-refractivity contribution in [2.75, 3.05) is 13.2 Å². The first-order valence-corrected chi connectivity index (χ1v) is 15.5. The van der Waals surface area contributed by atoms with Crippen LogP contribution in [-0.2, 0) is 0 Å². The molecular weight excluding hydrogens is 592 g/mol. The normalized spacial score (nSPS) is 11.7. The summed E-state index contributed by atoms with van der Waals surface area (Å²) in [7, 11) is 0. The highest BCUT2D eigenvalue weighted by Gasteiger charge is 2.20. The van der Waals surface area contributed by atoms with Gasteiger partial charge in [0.2, 0.25) is 4.96 Å². The van der Waals surface area contributed by atoms with Gasteiger partial charge in [0, 0.05) is 29.0 Å². The van der Waals surface area contributed by atoms with Gasteiger partial charge in [-0.3, -0.25) is 14.9 Å². The van der Waals surface area contributed by atoms with E-state index in [2.05, 4.69) is 17.0 Å². The fourth-order valence-electron chi connectivity index (χ4n) is 4.85. The number of hydrogen-bond donors (Lipinski definition) is 0. The van der Waals surface area contributed by atoms with Gasteiger partial charge in [0.05, 0.1) is 28.4 Å². The molecule has 0 fully saturated rings. The van der Waals surface area contributed by atoms with Crippen molar-refractivity contribution >= 4 is 28.1 Å². The molecule has 3 aromatic carbocycles. The van der Waals surface area contributed by atoms with Crippen molar-refractivity contribution in [3.8, 4) is 39.8 Å². The molecule has 0 unspecified atom stereocenters. The molecule has 3 aromatic heterocycles. The number of para-hydroxylation sites is 1. The third-order valence-corrected chi connectivity index (χ3v) is 8.05. The van der Waals surface area contributed by atoms with Crippen molar-refractivity contribution in [1.82, 2.24) is 24.4 Å². The number of nitro groups is 1. The van der Waals surface area contributed by atoms with Gasteiger partial charge >= 0.3 is 5.69 Å². The first-order valence-electron chi connectivity index (χ1n) is 14.7. The average molecular weight is 623 g/mol. The van der Waals surface area contributed by atoms with Gasteiger partial charge in [0.1, 0.15) is 11.4 Å². The molecule has 6 rings (SSSR count). The van der Waals surface area contributed by atoms with Crippen LogP contribution in [0.3, 0.4) is 0 Å². The quantitative estimate of drug-likeness (QED) is 0.0911. The van der Waals surface area contributed by atoms with Crippen LogP contribution >= 0.6 is 11.3 Å². The van der Waals surface area contributed by atoms with Crippen molar-refractivity contribution < 1.29 is 14.4 Å². The smallest absolute Gasteiger partial charge is 0.311 e. The Balaban J connectivity index is 1.37. The topological polar surface area (TPSA) is 127 Å². The van der Waals surface area contributed by atoms with E-state index in [1.54, 1.807) is 36.0 Å². The van der Waals surface area contributed by atoms with Crippen molar-refractivity contribution in [3.63, 3.8) is 0 Å². The lowest BCUT2D eigenvalue weighted by atomic mass is 10.1. The van der Waals surface area contributed by atoms with Gasteiger partial charge in [-0.05, 0) is 68.0 Å². The van der Waals surface area contributed by atoms with E-state index in [0.29, 0.717) is 45.4 Å². The summed E-state index contributed by atoms with van der Waals surface area (Å²) in [5.74, 6) is 1.40. The molecule has 228 valence electrons. The molecule has 12 heteroatoms. The third-order valence-electron chi connectivity index (χ3n) is 7.09. The minimum atomic E-state index is -0.479. The number of ether oxygens (including phenoxy) is 2. The van der Waals surface area contributed by atoms with E-state index >= 15 is 0 Å². The number of nitro benzene ring substituents is 1. The molecule has 0 saturated heterocycles. The number of aromatic nitrogens is 5.